The second-order valence-electron chi connectivity index (χ2n) is 3.72. The number of hydrogen-bond acceptors (Lipinski definition) is 3. The number of carbonyl (C=O) groups excluding carboxylic acids is 1. The minimum Gasteiger partial charge on any atom is -0.482 e. The molecule has 0 radical (unpaired) electrons. The van der Waals surface area contributed by atoms with Gasteiger partial charge in [-0.2, -0.15) is 0 Å². The van der Waals surface area contributed by atoms with Crippen LogP contribution in [-0.4, -0.2) is 12.6 Å². The topological polar surface area (TPSA) is 35.5 Å². The Morgan fingerprint density at radius 1 is 1.29 bits per heavy atom. The largest absolute Gasteiger partial charge is 0.482 e. The highest BCUT2D eigenvalue weighted by Crippen LogP contribution is 2.10. The number of rotatable bonds is 7. The summed E-state index contributed by atoms with van der Waals surface area (Å²) in [6.07, 6.45) is 2.75. The summed E-state index contributed by atoms with van der Waals surface area (Å²) < 4.78 is 10.3. The summed E-state index contributed by atoms with van der Waals surface area (Å²) in [7, 11) is 0. The smallest absolute Gasteiger partial charge is 0.349 e. The maximum absolute atomic E-state index is 11.4. The Labute approximate surface area is 102 Å². The fourth-order valence-corrected chi connectivity index (χ4v) is 1.27. The Morgan fingerprint density at radius 3 is 2.65 bits per heavy atom. The van der Waals surface area contributed by atoms with Gasteiger partial charge in [-0.15, -0.1) is 0 Å². The summed E-state index contributed by atoms with van der Waals surface area (Å²) in [5.41, 5.74) is 0. The van der Waals surface area contributed by atoms with Crippen LogP contribution in [0, 0.1) is 0 Å². The number of hydrogen-bond donors (Lipinski definition) is 0. The minimum absolute atomic E-state index is 0.0881. The monoisotopic (exact) mass is 234 g/mol. The van der Waals surface area contributed by atoms with E-state index in [9.17, 15) is 4.79 Å². The predicted molar refractivity (Wildman–Crippen MR) is 66.7 cm³/mol. The third-order valence-electron chi connectivity index (χ3n) is 2.17. The van der Waals surface area contributed by atoms with Gasteiger partial charge in [0, 0.05) is 6.42 Å². The van der Waals surface area contributed by atoms with Gasteiger partial charge in [-0.3, -0.25) is 0 Å². The highest BCUT2D eigenvalue weighted by molar-refractivity contribution is 5.72. The van der Waals surface area contributed by atoms with Crippen LogP contribution in [0.25, 0.3) is 0 Å². The standard InChI is InChI=1S/C14H18O3/c1-3-4-8-12(2)17-14(15)11-16-13-9-6-5-7-10-13/h5-7,9-10H,2-4,8,11H2,1H3. The van der Waals surface area contributed by atoms with Gasteiger partial charge in [0.2, 0.25) is 0 Å². The summed E-state index contributed by atoms with van der Waals surface area (Å²) in [4.78, 5) is 11.4. The van der Waals surface area contributed by atoms with Gasteiger partial charge in [0.05, 0.1) is 0 Å². The summed E-state index contributed by atoms with van der Waals surface area (Å²) in [6.45, 7) is 5.68. The molecule has 0 saturated carbocycles. The maximum atomic E-state index is 11.4. The predicted octanol–water partition coefficient (Wildman–Crippen LogP) is 3.31. The lowest BCUT2D eigenvalue weighted by atomic mass is 10.2. The van der Waals surface area contributed by atoms with Crippen molar-refractivity contribution < 1.29 is 14.3 Å². The van der Waals surface area contributed by atoms with E-state index < -0.39 is 5.97 Å². The number of esters is 1. The van der Waals surface area contributed by atoms with Gasteiger partial charge in [0.15, 0.2) is 6.61 Å². The van der Waals surface area contributed by atoms with Crippen molar-refractivity contribution in [2.75, 3.05) is 6.61 Å². The second kappa shape index (κ2) is 7.49. The molecule has 3 heteroatoms. The fraction of sp³-hybridized carbons (Fsp3) is 0.357. The third-order valence-corrected chi connectivity index (χ3v) is 2.17. The first-order chi connectivity index (χ1) is 8.22. The molecule has 0 aromatic heterocycles. The van der Waals surface area contributed by atoms with Crippen LogP contribution in [0.15, 0.2) is 42.7 Å². The van der Waals surface area contributed by atoms with E-state index in [1.165, 1.54) is 0 Å². The van der Waals surface area contributed by atoms with Crippen molar-refractivity contribution in [3.8, 4) is 5.75 Å². The fourth-order valence-electron chi connectivity index (χ4n) is 1.27. The number of allylic oxidation sites excluding steroid dienone is 1. The Hall–Kier alpha value is -1.77. The van der Waals surface area contributed by atoms with Crippen molar-refractivity contribution in [2.24, 2.45) is 0 Å². The number of benzene rings is 1. The van der Waals surface area contributed by atoms with E-state index in [0.717, 1.165) is 12.8 Å². The van der Waals surface area contributed by atoms with E-state index >= 15 is 0 Å². The second-order valence-corrected chi connectivity index (χ2v) is 3.72. The molecule has 0 amide bonds. The Balaban J connectivity index is 2.24. The minimum atomic E-state index is -0.407. The van der Waals surface area contributed by atoms with E-state index in [1.807, 2.05) is 18.2 Å². The molecule has 0 unspecified atom stereocenters. The van der Waals surface area contributed by atoms with E-state index in [-0.39, 0.29) is 6.61 Å². The van der Waals surface area contributed by atoms with E-state index in [2.05, 4.69) is 13.5 Å². The van der Waals surface area contributed by atoms with Crippen molar-refractivity contribution in [1.82, 2.24) is 0 Å². The van der Waals surface area contributed by atoms with Gasteiger partial charge in [-0.25, -0.2) is 4.79 Å². The van der Waals surface area contributed by atoms with Crippen molar-refractivity contribution >= 4 is 5.97 Å². The van der Waals surface area contributed by atoms with Gasteiger partial charge < -0.3 is 9.47 Å². The average Bonchev–Trinajstić information content (AvgIpc) is 2.35. The summed E-state index contributed by atoms with van der Waals surface area (Å²) in [6, 6.07) is 9.16. The maximum Gasteiger partial charge on any atom is 0.349 e. The SMILES string of the molecule is C=C(CCCC)OC(=O)COc1ccccc1. The van der Waals surface area contributed by atoms with Crippen LogP contribution in [0.2, 0.25) is 0 Å². The molecule has 92 valence electrons. The van der Waals surface area contributed by atoms with Crippen LogP contribution in [0.4, 0.5) is 0 Å². The van der Waals surface area contributed by atoms with Crippen LogP contribution in [0.5, 0.6) is 5.75 Å². The van der Waals surface area contributed by atoms with Crippen LogP contribution >= 0.6 is 0 Å². The lowest BCUT2D eigenvalue weighted by Crippen LogP contribution is -2.14. The van der Waals surface area contributed by atoms with Crippen molar-refractivity contribution in [1.29, 1.82) is 0 Å². The first-order valence-electron chi connectivity index (χ1n) is 5.78. The molecular formula is C14H18O3. The highest BCUT2D eigenvalue weighted by Gasteiger charge is 2.06. The van der Waals surface area contributed by atoms with Crippen LogP contribution in [-0.2, 0) is 9.53 Å². The van der Waals surface area contributed by atoms with E-state index in [4.69, 9.17) is 9.47 Å². The number of carbonyl (C=O) groups is 1. The zero-order valence-corrected chi connectivity index (χ0v) is 10.1. The molecule has 3 nitrogen and oxygen atoms in total. The lowest BCUT2D eigenvalue weighted by molar-refractivity contribution is -0.142. The Morgan fingerprint density at radius 2 is 2.00 bits per heavy atom. The molecule has 17 heavy (non-hydrogen) atoms. The molecule has 1 aromatic carbocycles. The molecular weight excluding hydrogens is 216 g/mol. The van der Waals surface area contributed by atoms with Gasteiger partial charge >= 0.3 is 5.97 Å². The van der Waals surface area contributed by atoms with E-state index in [1.54, 1.807) is 12.1 Å². The van der Waals surface area contributed by atoms with Crippen molar-refractivity contribution in [3.05, 3.63) is 42.7 Å². The van der Waals surface area contributed by atoms with Crippen molar-refractivity contribution in [3.63, 3.8) is 0 Å². The van der Waals surface area contributed by atoms with Gasteiger partial charge in [-0.05, 0) is 18.6 Å². The molecule has 0 N–H and O–H groups in total. The molecule has 0 aliphatic rings. The summed E-state index contributed by atoms with van der Waals surface area (Å²) in [5, 5.41) is 0. The average molecular weight is 234 g/mol. The normalized spacial score (nSPS) is 9.71. The first kappa shape index (κ1) is 13.3. The number of unbranched alkanes of at least 4 members (excludes halogenated alkanes) is 1. The molecule has 0 spiro atoms. The Kier molecular flexibility index (Phi) is 5.86. The van der Waals surface area contributed by atoms with Crippen LogP contribution in [0.3, 0.4) is 0 Å². The number of ether oxygens (including phenoxy) is 2. The molecule has 0 saturated heterocycles. The number of para-hydroxylation sites is 1. The highest BCUT2D eigenvalue weighted by atomic mass is 16.6. The van der Waals surface area contributed by atoms with Crippen LogP contribution in [0.1, 0.15) is 26.2 Å². The van der Waals surface area contributed by atoms with Gasteiger partial charge in [0.1, 0.15) is 11.5 Å². The van der Waals surface area contributed by atoms with E-state index in [0.29, 0.717) is 17.9 Å². The molecule has 0 bridgehead atoms. The first-order valence-corrected chi connectivity index (χ1v) is 5.78. The zero-order chi connectivity index (χ0) is 12.5. The molecule has 0 aliphatic carbocycles. The summed E-state index contributed by atoms with van der Waals surface area (Å²) >= 11 is 0. The lowest BCUT2D eigenvalue weighted by Gasteiger charge is -2.08. The quantitative estimate of drug-likeness (QED) is 0.536. The van der Waals surface area contributed by atoms with Crippen molar-refractivity contribution in [2.45, 2.75) is 26.2 Å². The molecule has 0 fully saturated rings. The van der Waals surface area contributed by atoms with Gasteiger partial charge in [0.25, 0.3) is 0 Å². The van der Waals surface area contributed by atoms with Gasteiger partial charge in [-0.1, -0.05) is 38.1 Å². The third kappa shape index (κ3) is 5.76. The van der Waals surface area contributed by atoms with Crippen LogP contribution < -0.4 is 4.74 Å². The summed E-state index contributed by atoms with van der Waals surface area (Å²) in [5.74, 6) is 0.757. The zero-order valence-electron chi connectivity index (χ0n) is 10.1. The molecule has 0 atom stereocenters. The molecule has 1 aromatic rings. The molecule has 0 aliphatic heterocycles. The Bertz CT molecular complexity index is 357. The molecule has 0 heterocycles. The molecule has 1 rings (SSSR count).